The quantitative estimate of drug-likeness (QED) is 0.388. The predicted octanol–water partition coefficient (Wildman–Crippen LogP) is 1.84. The topological polar surface area (TPSA) is 132 Å². The number of benzene rings is 1. The van der Waals surface area contributed by atoms with Crippen LogP contribution in [0.15, 0.2) is 51.9 Å². The molecule has 4 aromatic rings. The van der Waals surface area contributed by atoms with Crippen molar-refractivity contribution in [1.82, 2.24) is 35.0 Å². The first-order valence-electron chi connectivity index (χ1n) is 12.8. The Morgan fingerprint density at radius 1 is 1.21 bits per heavy atom. The highest BCUT2D eigenvalue weighted by Gasteiger charge is 2.34. The molecule has 2 saturated heterocycles. The number of rotatable bonds is 7. The lowest BCUT2D eigenvalue weighted by molar-refractivity contribution is 0.0550. The molecule has 12 nitrogen and oxygen atoms in total. The number of furan rings is 1. The third kappa shape index (κ3) is 4.68. The Bertz CT molecular complexity index is 1470. The first-order chi connectivity index (χ1) is 18.6. The maximum absolute atomic E-state index is 13.5. The van der Waals surface area contributed by atoms with E-state index in [9.17, 15) is 9.59 Å². The van der Waals surface area contributed by atoms with Crippen LogP contribution in [0.5, 0.6) is 5.75 Å². The van der Waals surface area contributed by atoms with Gasteiger partial charge in [0.05, 0.1) is 31.5 Å². The number of ether oxygens (including phenoxy) is 2. The van der Waals surface area contributed by atoms with Crippen LogP contribution in [0.2, 0.25) is 0 Å². The van der Waals surface area contributed by atoms with Gasteiger partial charge in [0.25, 0.3) is 11.5 Å². The number of tetrazole rings is 1. The molecule has 0 spiro atoms. The zero-order chi connectivity index (χ0) is 26.1. The van der Waals surface area contributed by atoms with Crippen LogP contribution in [-0.2, 0) is 11.3 Å². The molecule has 6 rings (SSSR count). The van der Waals surface area contributed by atoms with E-state index >= 15 is 0 Å². The standard InChI is InChI=1S/C26H29N7O5/c1-36-18-7-6-17-14-20(25(34)27-21(17)15-18)23(24-28-29-30-33(24)16-19-4-2-12-37-19)31-8-10-32(11-9-31)26(35)22-5-3-13-38-22/h3,5-7,13-15,19,23H,2,4,8-12,16H2,1H3,(H,27,34)/t19-,23-/m1/s1. The Morgan fingerprint density at radius 2 is 2.08 bits per heavy atom. The van der Waals surface area contributed by atoms with E-state index in [0.29, 0.717) is 61.1 Å². The van der Waals surface area contributed by atoms with Gasteiger partial charge in [-0.25, -0.2) is 4.68 Å². The third-order valence-corrected chi connectivity index (χ3v) is 7.28. The van der Waals surface area contributed by atoms with E-state index in [2.05, 4.69) is 25.4 Å². The lowest BCUT2D eigenvalue weighted by Crippen LogP contribution is -2.50. The molecule has 2 aliphatic heterocycles. The highest BCUT2D eigenvalue weighted by Crippen LogP contribution is 2.29. The van der Waals surface area contributed by atoms with Gasteiger partial charge in [-0.1, -0.05) is 0 Å². The molecule has 12 heteroatoms. The van der Waals surface area contributed by atoms with Crippen LogP contribution in [0, 0.1) is 0 Å². The number of aromatic nitrogens is 5. The van der Waals surface area contributed by atoms with Crippen LogP contribution in [-0.4, -0.2) is 86.9 Å². The van der Waals surface area contributed by atoms with Crippen molar-refractivity contribution in [2.24, 2.45) is 0 Å². The van der Waals surface area contributed by atoms with E-state index in [1.807, 2.05) is 18.2 Å². The molecule has 0 saturated carbocycles. The van der Waals surface area contributed by atoms with Crippen LogP contribution < -0.4 is 10.3 Å². The highest BCUT2D eigenvalue weighted by atomic mass is 16.5. The van der Waals surface area contributed by atoms with Crippen LogP contribution in [0.3, 0.4) is 0 Å². The number of H-pyrrole nitrogens is 1. The number of nitrogens with one attached hydrogen (secondary N) is 1. The highest BCUT2D eigenvalue weighted by molar-refractivity contribution is 5.91. The molecule has 0 unspecified atom stereocenters. The number of carbonyl (C=O) groups excluding carboxylic acids is 1. The van der Waals surface area contributed by atoms with Crippen molar-refractivity contribution < 1.29 is 18.7 Å². The average molecular weight is 520 g/mol. The van der Waals surface area contributed by atoms with E-state index in [0.717, 1.165) is 24.8 Å². The summed E-state index contributed by atoms with van der Waals surface area (Å²) in [5.41, 5.74) is 0.998. The summed E-state index contributed by atoms with van der Waals surface area (Å²) in [5.74, 6) is 1.41. The van der Waals surface area contributed by atoms with Gasteiger partial charge in [0.1, 0.15) is 11.8 Å². The first kappa shape index (κ1) is 24.3. The normalized spacial score (nSPS) is 19.2. The Kier molecular flexibility index (Phi) is 6.64. The van der Waals surface area contributed by atoms with Crippen molar-refractivity contribution in [1.29, 1.82) is 0 Å². The second-order valence-electron chi connectivity index (χ2n) is 9.57. The number of piperazine rings is 1. The van der Waals surface area contributed by atoms with Crippen molar-refractivity contribution >= 4 is 16.8 Å². The lowest BCUT2D eigenvalue weighted by Gasteiger charge is -2.38. The van der Waals surface area contributed by atoms with Crippen molar-refractivity contribution in [3.63, 3.8) is 0 Å². The van der Waals surface area contributed by atoms with Gasteiger partial charge in [-0.15, -0.1) is 5.10 Å². The van der Waals surface area contributed by atoms with Crippen molar-refractivity contribution in [3.05, 3.63) is 70.2 Å². The Labute approximate surface area is 218 Å². The van der Waals surface area contributed by atoms with Gasteiger partial charge in [-0.3, -0.25) is 14.5 Å². The number of carbonyl (C=O) groups is 1. The summed E-state index contributed by atoms with van der Waals surface area (Å²) in [7, 11) is 1.59. The molecule has 1 amide bonds. The molecular formula is C26H29N7O5. The minimum Gasteiger partial charge on any atom is -0.497 e. The molecule has 2 fully saturated rings. The van der Waals surface area contributed by atoms with Gasteiger partial charge in [0, 0.05) is 44.4 Å². The number of aromatic amines is 1. The van der Waals surface area contributed by atoms with E-state index in [1.165, 1.54) is 6.26 Å². The minimum absolute atomic E-state index is 0.0306. The number of hydrogen-bond donors (Lipinski definition) is 1. The molecular weight excluding hydrogens is 490 g/mol. The second kappa shape index (κ2) is 10.4. The fraction of sp³-hybridized carbons (Fsp3) is 0.423. The molecule has 0 bridgehead atoms. The number of amides is 1. The summed E-state index contributed by atoms with van der Waals surface area (Å²) in [6.45, 7) is 3.26. The van der Waals surface area contributed by atoms with Gasteiger partial charge in [-0.05, 0) is 59.0 Å². The minimum atomic E-state index is -0.512. The second-order valence-corrected chi connectivity index (χ2v) is 9.57. The predicted molar refractivity (Wildman–Crippen MR) is 136 cm³/mol. The summed E-state index contributed by atoms with van der Waals surface area (Å²) in [5, 5.41) is 13.5. The van der Waals surface area contributed by atoms with Crippen LogP contribution in [0.4, 0.5) is 0 Å². The summed E-state index contributed by atoms with van der Waals surface area (Å²) >= 11 is 0. The first-order valence-corrected chi connectivity index (χ1v) is 12.8. The van der Waals surface area contributed by atoms with Gasteiger partial charge in [0.2, 0.25) is 0 Å². The van der Waals surface area contributed by atoms with Crippen molar-refractivity contribution in [2.45, 2.75) is 31.5 Å². The van der Waals surface area contributed by atoms with E-state index in [1.54, 1.807) is 34.9 Å². The smallest absolute Gasteiger partial charge is 0.289 e. The monoisotopic (exact) mass is 519 g/mol. The van der Waals surface area contributed by atoms with Gasteiger partial charge in [-0.2, -0.15) is 0 Å². The van der Waals surface area contributed by atoms with Crippen molar-refractivity contribution in [2.75, 3.05) is 39.9 Å². The Morgan fingerprint density at radius 3 is 2.82 bits per heavy atom. The molecule has 0 radical (unpaired) electrons. The zero-order valence-electron chi connectivity index (χ0n) is 21.1. The molecule has 2 aliphatic rings. The average Bonchev–Trinajstić information content (AvgIpc) is 3.73. The Balaban J connectivity index is 1.35. The lowest BCUT2D eigenvalue weighted by atomic mass is 10.0. The zero-order valence-corrected chi connectivity index (χ0v) is 21.1. The van der Waals surface area contributed by atoms with Crippen LogP contribution in [0.25, 0.3) is 10.9 Å². The van der Waals surface area contributed by atoms with E-state index < -0.39 is 6.04 Å². The van der Waals surface area contributed by atoms with Crippen molar-refractivity contribution in [3.8, 4) is 5.75 Å². The maximum Gasteiger partial charge on any atom is 0.289 e. The number of methoxy groups -OCH3 is 1. The summed E-state index contributed by atoms with van der Waals surface area (Å²) < 4.78 is 18.2. The fourth-order valence-corrected chi connectivity index (χ4v) is 5.28. The summed E-state index contributed by atoms with van der Waals surface area (Å²) in [6.07, 6.45) is 3.47. The number of fused-ring (bicyclic) bond motifs is 1. The molecule has 0 aliphatic carbocycles. The van der Waals surface area contributed by atoms with E-state index in [4.69, 9.17) is 13.9 Å². The SMILES string of the molecule is COc1ccc2cc([C@H](c3nnnn3C[C@H]3CCCO3)N3CCN(C(=O)c4ccco4)CC3)c(=O)[nH]c2c1. The van der Waals surface area contributed by atoms with Gasteiger partial charge in [0.15, 0.2) is 11.6 Å². The Hall–Kier alpha value is -4.03. The molecule has 38 heavy (non-hydrogen) atoms. The molecule has 3 aromatic heterocycles. The fourth-order valence-electron chi connectivity index (χ4n) is 5.28. The van der Waals surface area contributed by atoms with E-state index in [-0.39, 0.29) is 17.6 Å². The number of nitrogens with zero attached hydrogens (tertiary/aromatic N) is 6. The van der Waals surface area contributed by atoms with Gasteiger partial charge < -0.3 is 23.8 Å². The molecule has 198 valence electrons. The summed E-state index contributed by atoms with van der Waals surface area (Å²) in [4.78, 5) is 33.3. The van der Waals surface area contributed by atoms with Gasteiger partial charge >= 0.3 is 0 Å². The summed E-state index contributed by atoms with van der Waals surface area (Å²) in [6, 6.07) is 10.3. The molecule has 5 heterocycles. The number of pyridine rings is 1. The third-order valence-electron chi connectivity index (χ3n) is 7.28. The van der Waals surface area contributed by atoms with Crippen LogP contribution >= 0.6 is 0 Å². The molecule has 2 atom stereocenters. The largest absolute Gasteiger partial charge is 0.497 e. The molecule has 1 N–H and O–H groups in total. The number of hydrogen-bond acceptors (Lipinski definition) is 9. The molecule has 1 aromatic carbocycles. The maximum atomic E-state index is 13.5. The van der Waals surface area contributed by atoms with Crippen LogP contribution in [0.1, 0.15) is 40.8 Å².